The summed E-state index contributed by atoms with van der Waals surface area (Å²) >= 11 is 6.03. The molecular weight excluding hydrogens is 266 g/mol. The minimum Gasteiger partial charge on any atom is -0.472 e. The van der Waals surface area contributed by atoms with Gasteiger partial charge in [-0.3, -0.25) is 0 Å². The topological polar surface area (TPSA) is 80.7 Å². The number of nitrogens with zero attached hydrogens (tertiary/aromatic N) is 2. The largest absolute Gasteiger partial charge is 0.472 e. The molecular formula is C13H12ClN3O2. The first-order valence-corrected chi connectivity index (χ1v) is 5.89. The molecule has 19 heavy (non-hydrogen) atoms. The molecule has 0 fully saturated rings. The second-order valence-electron chi connectivity index (χ2n) is 3.72. The third-order valence-electron chi connectivity index (χ3n) is 2.48. The fourth-order valence-electron chi connectivity index (χ4n) is 1.52. The van der Waals surface area contributed by atoms with Crippen molar-refractivity contribution >= 4 is 17.4 Å². The van der Waals surface area contributed by atoms with Crippen LogP contribution in [0.25, 0.3) is 0 Å². The maximum atomic E-state index is 8.70. The van der Waals surface area contributed by atoms with Gasteiger partial charge in [0.05, 0.1) is 5.56 Å². The SMILES string of the molecule is N/C(=N\O)c1cccnc1OCc1ccccc1Cl. The monoisotopic (exact) mass is 277 g/mol. The van der Waals surface area contributed by atoms with E-state index in [1.165, 1.54) is 0 Å². The summed E-state index contributed by atoms with van der Waals surface area (Å²) in [5, 5.41) is 12.3. The van der Waals surface area contributed by atoms with E-state index in [4.69, 9.17) is 27.3 Å². The zero-order valence-electron chi connectivity index (χ0n) is 9.95. The predicted molar refractivity (Wildman–Crippen MR) is 72.5 cm³/mol. The van der Waals surface area contributed by atoms with Gasteiger partial charge in [-0.25, -0.2) is 4.98 Å². The number of hydrogen-bond donors (Lipinski definition) is 2. The molecule has 2 rings (SSSR count). The molecule has 98 valence electrons. The van der Waals surface area contributed by atoms with Gasteiger partial charge in [-0.05, 0) is 18.2 Å². The van der Waals surface area contributed by atoms with Gasteiger partial charge in [-0.1, -0.05) is 35.0 Å². The van der Waals surface area contributed by atoms with Crippen molar-refractivity contribution in [3.63, 3.8) is 0 Å². The number of ether oxygens (including phenoxy) is 1. The number of nitrogens with two attached hydrogens (primary N) is 1. The quantitative estimate of drug-likeness (QED) is 0.389. The fourth-order valence-corrected chi connectivity index (χ4v) is 1.71. The lowest BCUT2D eigenvalue weighted by molar-refractivity contribution is 0.292. The van der Waals surface area contributed by atoms with E-state index in [0.29, 0.717) is 10.6 Å². The van der Waals surface area contributed by atoms with Gasteiger partial charge in [0.15, 0.2) is 5.84 Å². The van der Waals surface area contributed by atoms with E-state index in [1.54, 1.807) is 24.4 Å². The van der Waals surface area contributed by atoms with Crippen molar-refractivity contribution in [3.05, 3.63) is 58.7 Å². The molecule has 0 aliphatic carbocycles. The lowest BCUT2D eigenvalue weighted by Gasteiger charge is -2.09. The fraction of sp³-hybridized carbons (Fsp3) is 0.0769. The van der Waals surface area contributed by atoms with Crippen molar-refractivity contribution in [2.45, 2.75) is 6.61 Å². The molecule has 1 heterocycles. The Bertz CT molecular complexity index is 602. The van der Waals surface area contributed by atoms with Gasteiger partial charge >= 0.3 is 0 Å². The van der Waals surface area contributed by atoms with Gasteiger partial charge < -0.3 is 15.7 Å². The molecule has 0 saturated heterocycles. The molecule has 0 aliphatic heterocycles. The van der Waals surface area contributed by atoms with Crippen LogP contribution in [-0.2, 0) is 6.61 Å². The van der Waals surface area contributed by atoms with E-state index in [1.807, 2.05) is 18.2 Å². The van der Waals surface area contributed by atoms with Crippen molar-refractivity contribution in [3.8, 4) is 5.88 Å². The number of hydrogen-bond acceptors (Lipinski definition) is 4. The molecule has 0 aliphatic rings. The third kappa shape index (κ3) is 3.14. The van der Waals surface area contributed by atoms with Crippen LogP contribution in [0, 0.1) is 0 Å². The van der Waals surface area contributed by atoms with Crippen LogP contribution in [0.3, 0.4) is 0 Å². The van der Waals surface area contributed by atoms with Crippen LogP contribution in [0.5, 0.6) is 5.88 Å². The highest BCUT2D eigenvalue weighted by atomic mass is 35.5. The summed E-state index contributed by atoms with van der Waals surface area (Å²) in [6, 6.07) is 10.7. The zero-order valence-corrected chi connectivity index (χ0v) is 10.7. The first-order valence-electron chi connectivity index (χ1n) is 5.51. The van der Waals surface area contributed by atoms with Crippen LogP contribution >= 0.6 is 11.6 Å². The van der Waals surface area contributed by atoms with Crippen molar-refractivity contribution in [1.82, 2.24) is 4.98 Å². The highest BCUT2D eigenvalue weighted by Gasteiger charge is 2.10. The van der Waals surface area contributed by atoms with Gasteiger partial charge in [0, 0.05) is 16.8 Å². The Morgan fingerprint density at radius 3 is 2.84 bits per heavy atom. The van der Waals surface area contributed by atoms with Crippen LogP contribution < -0.4 is 10.5 Å². The van der Waals surface area contributed by atoms with Gasteiger partial charge in [0.1, 0.15) is 6.61 Å². The Morgan fingerprint density at radius 1 is 1.32 bits per heavy atom. The first-order chi connectivity index (χ1) is 9.22. The highest BCUT2D eigenvalue weighted by Crippen LogP contribution is 2.19. The van der Waals surface area contributed by atoms with E-state index >= 15 is 0 Å². The minimum absolute atomic E-state index is 0.0535. The summed E-state index contributed by atoms with van der Waals surface area (Å²) < 4.78 is 5.56. The molecule has 0 spiro atoms. The highest BCUT2D eigenvalue weighted by molar-refractivity contribution is 6.31. The number of aromatic nitrogens is 1. The summed E-state index contributed by atoms with van der Waals surface area (Å²) in [5.74, 6) is 0.236. The van der Waals surface area contributed by atoms with Crippen molar-refractivity contribution in [2.24, 2.45) is 10.9 Å². The molecule has 1 aromatic carbocycles. The van der Waals surface area contributed by atoms with Gasteiger partial charge in [-0.15, -0.1) is 0 Å². The molecule has 0 atom stereocenters. The Labute approximate surface area is 115 Å². The number of rotatable bonds is 4. The van der Waals surface area contributed by atoms with Gasteiger partial charge in [0.2, 0.25) is 5.88 Å². The number of benzene rings is 1. The summed E-state index contributed by atoms with van der Waals surface area (Å²) in [7, 11) is 0. The van der Waals surface area contributed by atoms with E-state index in [0.717, 1.165) is 5.56 Å². The van der Waals surface area contributed by atoms with E-state index in [2.05, 4.69) is 10.1 Å². The van der Waals surface area contributed by atoms with E-state index < -0.39 is 0 Å². The number of pyridine rings is 1. The predicted octanol–water partition coefficient (Wildman–Crippen LogP) is 2.41. The number of oxime groups is 1. The summed E-state index contributed by atoms with van der Waals surface area (Å²) in [6.45, 7) is 0.252. The Hall–Kier alpha value is -2.27. The molecule has 6 heteroatoms. The number of amidine groups is 1. The standard InChI is InChI=1S/C13H12ClN3O2/c14-11-6-2-1-4-9(11)8-19-13-10(12(15)17-18)5-3-7-16-13/h1-7,18H,8H2,(H2,15,17). The van der Waals surface area contributed by atoms with Crippen LogP contribution in [-0.4, -0.2) is 16.0 Å². The maximum absolute atomic E-state index is 8.70. The number of halogens is 1. The lowest BCUT2D eigenvalue weighted by atomic mass is 10.2. The molecule has 1 aromatic heterocycles. The Balaban J connectivity index is 2.19. The molecule has 5 nitrogen and oxygen atoms in total. The lowest BCUT2D eigenvalue weighted by Crippen LogP contribution is -2.15. The maximum Gasteiger partial charge on any atom is 0.224 e. The van der Waals surface area contributed by atoms with Gasteiger partial charge in [0.25, 0.3) is 0 Å². The molecule has 0 unspecified atom stereocenters. The molecule has 3 N–H and O–H groups in total. The molecule has 2 aromatic rings. The summed E-state index contributed by atoms with van der Waals surface area (Å²) in [4.78, 5) is 4.06. The van der Waals surface area contributed by atoms with Crippen LogP contribution in [0.15, 0.2) is 47.8 Å². The first kappa shape index (κ1) is 13.2. The second kappa shape index (κ2) is 6.06. The summed E-state index contributed by atoms with van der Waals surface area (Å²) in [5.41, 5.74) is 6.81. The van der Waals surface area contributed by atoms with Crippen molar-refractivity contribution in [1.29, 1.82) is 0 Å². The zero-order chi connectivity index (χ0) is 13.7. The van der Waals surface area contributed by atoms with E-state index in [-0.39, 0.29) is 18.3 Å². The normalized spacial score (nSPS) is 11.3. The van der Waals surface area contributed by atoms with Crippen LogP contribution in [0.4, 0.5) is 0 Å². The summed E-state index contributed by atoms with van der Waals surface area (Å²) in [6.07, 6.45) is 1.57. The smallest absolute Gasteiger partial charge is 0.224 e. The van der Waals surface area contributed by atoms with Crippen molar-refractivity contribution < 1.29 is 9.94 Å². The van der Waals surface area contributed by atoms with Crippen LogP contribution in [0.2, 0.25) is 5.02 Å². The minimum atomic E-state index is -0.0535. The van der Waals surface area contributed by atoms with E-state index in [9.17, 15) is 0 Å². The average molecular weight is 278 g/mol. The molecule has 0 amide bonds. The Kier molecular flexibility index (Phi) is 4.20. The molecule has 0 bridgehead atoms. The van der Waals surface area contributed by atoms with Crippen LogP contribution in [0.1, 0.15) is 11.1 Å². The Morgan fingerprint density at radius 2 is 2.11 bits per heavy atom. The average Bonchev–Trinajstić information content (AvgIpc) is 2.46. The van der Waals surface area contributed by atoms with Crippen molar-refractivity contribution in [2.75, 3.05) is 0 Å². The van der Waals surface area contributed by atoms with Gasteiger partial charge in [-0.2, -0.15) is 0 Å². The molecule has 0 radical (unpaired) electrons. The second-order valence-corrected chi connectivity index (χ2v) is 4.13. The third-order valence-corrected chi connectivity index (χ3v) is 2.85. The molecule has 0 saturated carbocycles.